The highest BCUT2D eigenvalue weighted by Gasteiger charge is 2.14. The van der Waals surface area contributed by atoms with Crippen LogP contribution in [0.2, 0.25) is 5.02 Å². The fourth-order valence-corrected chi connectivity index (χ4v) is 3.89. The summed E-state index contributed by atoms with van der Waals surface area (Å²) in [6, 6.07) is 13.7. The first kappa shape index (κ1) is 16.2. The van der Waals surface area contributed by atoms with E-state index >= 15 is 0 Å². The number of fused-ring (bicyclic) bond motifs is 1. The van der Waals surface area contributed by atoms with Gasteiger partial charge in [-0.05, 0) is 36.4 Å². The van der Waals surface area contributed by atoms with Crippen LogP contribution in [0.1, 0.15) is 0 Å². The van der Waals surface area contributed by atoms with Crippen LogP contribution in [-0.2, 0) is 10.0 Å². The second-order valence-corrected chi connectivity index (χ2v) is 8.16. The number of benzene rings is 2. The molecule has 9 heteroatoms. The lowest BCUT2D eigenvalue weighted by molar-refractivity contribution is 0.598. The summed E-state index contributed by atoms with van der Waals surface area (Å²) in [6.45, 7) is 0. The second kappa shape index (κ2) is 5.92. The second-order valence-electron chi connectivity index (χ2n) is 5.33. The number of nitrogens with two attached hydrogens (primary N) is 1. The smallest absolute Gasteiger partial charge is 0.225 e. The van der Waals surface area contributed by atoms with Gasteiger partial charge in [0.1, 0.15) is 0 Å². The van der Waals surface area contributed by atoms with Gasteiger partial charge in [-0.15, -0.1) is 16.4 Å². The van der Waals surface area contributed by atoms with Crippen LogP contribution in [0.5, 0.6) is 0 Å². The summed E-state index contributed by atoms with van der Waals surface area (Å²) in [5, 5.41) is 12.3. The van der Waals surface area contributed by atoms with Crippen LogP contribution < -0.4 is 5.14 Å². The molecule has 0 aliphatic carbocycles. The van der Waals surface area contributed by atoms with E-state index in [0.29, 0.717) is 16.4 Å². The molecular weight excluding hydrogens is 380 g/mol. The maximum atomic E-state index is 11.3. The monoisotopic (exact) mass is 390 g/mol. The Hall–Kier alpha value is -2.26. The third kappa shape index (κ3) is 3.05. The van der Waals surface area contributed by atoms with Crippen LogP contribution in [0.3, 0.4) is 0 Å². The number of primary sulfonamides is 1. The van der Waals surface area contributed by atoms with Gasteiger partial charge in [0.15, 0.2) is 5.82 Å². The molecule has 0 atom stereocenters. The number of sulfonamides is 1. The number of halogens is 1. The molecule has 6 nitrogen and oxygen atoms in total. The Morgan fingerprint density at radius 3 is 2.28 bits per heavy atom. The van der Waals surface area contributed by atoms with Crippen molar-refractivity contribution in [1.29, 1.82) is 0 Å². The molecule has 0 aliphatic rings. The van der Waals surface area contributed by atoms with Gasteiger partial charge in [-0.25, -0.2) is 18.1 Å². The molecule has 0 saturated carbocycles. The average Bonchev–Trinajstić information content (AvgIpc) is 3.16. The van der Waals surface area contributed by atoms with E-state index in [1.807, 2.05) is 29.6 Å². The number of hydrogen-bond acceptors (Lipinski definition) is 5. The first-order valence-electron chi connectivity index (χ1n) is 7.15. The molecule has 2 aromatic heterocycles. The predicted molar refractivity (Wildman–Crippen MR) is 98.1 cm³/mol. The van der Waals surface area contributed by atoms with Crippen molar-refractivity contribution in [1.82, 2.24) is 14.6 Å². The molecule has 126 valence electrons. The van der Waals surface area contributed by atoms with Crippen LogP contribution in [0, 0.1) is 0 Å². The van der Waals surface area contributed by atoms with E-state index in [2.05, 4.69) is 10.1 Å². The number of nitrogens with zero attached hydrogens (tertiary/aromatic N) is 3. The van der Waals surface area contributed by atoms with E-state index in [0.717, 1.165) is 16.2 Å². The molecule has 0 spiro atoms. The SMILES string of the molecule is NS(=O)(=O)c1ccc(-c2nc3scc(-c4ccc(Cl)cc4)n3n2)cc1. The van der Waals surface area contributed by atoms with Crippen molar-refractivity contribution >= 4 is 37.9 Å². The number of aromatic nitrogens is 3. The van der Waals surface area contributed by atoms with Gasteiger partial charge >= 0.3 is 0 Å². The van der Waals surface area contributed by atoms with Crippen molar-refractivity contribution in [2.75, 3.05) is 0 Å². The van der Waals surface area contributed by atoms with Crippen molar-refractivity contribution in [2.45, 2.75) is 4.90 Å². The Morgan fingerprint density at radius 1 is 1.00 bits per heavy atom. The Kier molecular flexibility index (Phi) is 3.84. The third-order valence-corrected chi connectivity index (χ3v) is 5.66. The molecule has 0 saturated heterocycles. The van der Waals surface area contributed by atoms with E-state index in [9.17, 15) is 8.42 Å². The van der Waals surface area contributed by atoms with Crippen molar-refractivity contribution in [3.8, 4) is 22.6 Å². The van der Waals surface area contributed by atoms with E-state index in [4.69, 9.17) is 16.7 Å². The van der Waals surface area contributed by atoms with Gasteiger partial charge in [0, 0.05) is 21.5 Å². The third-order valence-electron chi connectivity index (χ3n) is 3.66. The molecule has 0 radical (unpaired) electrons. The molecule has 25 heavy (non-hydrogen) atoms. The zero-order valence-corrected chi connectivity index (χ0v) is 15.0. The van der Waals surface area contributed by atoms with E-state index in [1.54, 1.807) is 16.6 Å². The Labute approximate surface area is 152 Å². The zero-order valence-electron chi connectivity index (χ0n) is 12.6. The minimum Gasteiger partial charge on any atom is -0.225 e. The lowest BCUT2D eigenvalue weighted by Gasteiger charge is -2.00. The van der Waals surface area contributed by atoms with Crippen LogP contribution in [0.15, 0.2) is 58.8 Å². The highest BCUT2D eigenvalue weighted by Crippen LogP contribution is 2.28. The van der Waals surface area contributed by atoms with Crippen LogP contribution in [0.4, 0.5) is 0 Å². The summed E-state index contributed by atoms with van der Waals surface area (Å²) in [6.07, 6.45) is 0. The molecule has 0 aliphatic heterocycles. The summed E-state index contributed by atoms with van der Waals surface area (Å²) in [4.78, 5) is 5.30. The van der Waals surface area contributed by atoms with Crippen molar-refractivity contribution < 1.29 is 8.42 Å². The first-order chi connectivity index (χ1) is 11.9. The van der Waals surface area contributed by atoms with E-state index in [1.165, 1.54) is 23.5 Å². The largest absolute Gasteiger partial charge is 0.238 e. The summed E-state index contributed by atoms with van der Waals surface area (Å²) < 4.78 is 24.4. The summed E-state index contributed by atoms with van der Waals surface area (Å²) in [7, 11) is -3.72. The standard InChI is InChI=1S/C16H11ClN4O2S2/c17-12-5-1-10(2-6-12)14-9-24-16-19-15(20-21(14)16)11-3-7-13(8-4-11)25(18,22)23/h1-9H,(H2,18,22,23). The lowest BCUT2D eigenvalue weighted by Crippen LogP contribution is -2.11. The molecule has 4 rings (SSSR count). The zero-order chi connectivity index (χ0) is 17.6. The summed E-state index contributed by atoms with van der Waals surface area (Å²) in [5.74, 6) is 0.517. The predicted octanol–water partition coefficient (Wildman–Crippen LogP) is 3.43. The molecule has 4 aromatic rings. The highest BCUT2D eigenvalue weighted by molar-refractivity contribution is 7.89. The lowest BCUT2D eigenvalue weighted by atomic mass is 10.2. The molecule has 2 aromatic carbocycles. The topological polar surface area (TPSA) is 90.4 Å². The van der Waals surface area contributed by atoms with E-state index in [-0.39, 0.29) is 4.90 Å². The minimum atomic E-state index is -3.72. The first-order valence-corrected chi connectivity index (χ1v) is 9.96. The highest BCUT2D eigenvalue weighted by atomic mass is 35.5. The van der Waals surface area contributed by atoms with Gasteiger partial charge in [-0.2, -0.15) is 4.98 Å². The van der Waals surface area contributed by atoms with Gasteiger partial charge in [0.25, 0.3) is 0 Å². The summed E-state index contributed by atoms with van der Waals surface area (Å²) >= 11 is 7.41. The van der Waals surface area contributed by atoms with Crippen LogP contribution >= 0.6 is 22.9 Å². The molecule has 0 fully saturated rings. The van der Waals surface area contributed by atoms with Gasteiger partial charge in [-0.1, -0.05) is 23.7 Å². The quantitative estimate of drug-likeness (QED) is 0.580. The van der Waals surface area contributed by atoms with Crippen molar-refractivity contribution in [2.24, 2.45) is 5.14 Å². The van der Waals surface area contributed by atoms with Crippen LogP contribution in [0.25, 0.3) is 27.6 Å². The van der Waals surface area contributed by atoms with Gasteiger partial charge < -0.3 is 0 Å². The Morgan fingerprint density at radius 2 is 1.64 bits per heavy atom. The Bertz CT molecular complexity index is 1160. The number of thiazole rings is 1. The van der Waals surface area contributed by atoms with Crippen LogP contribution in [-0.4, -0.2) is 23.0 Å². The van der Waals surface area contributed by atoms with E-state index < -0.39 is 10.0 Å². The average molecular weight is 391 g/mol. The molecule has 0 amide bonds. The fraction of sp³-hybridized carbons (Fsp3) is 0. The van der Waals surface area contributed by atoms with Gasteiger partial charge in [0.2, 0.25) is 15.0 Å². The normalized spacial score (nSPS) is 11.9. The summed E-state index contributed by atoms with van der Waals surface area (Å²) in [5.41, 5.74) is 2.61. The molecule has 2 heterocycles. The van der Waals surface area contributed by atoms with Crippen molar-refractivity contribution in [3.05, 3.63) is 58.9 Å². The van der Waals surface area contributed by atoms with Crippen molar-refractivity contribution in [3.63, 3.8) is 0 Å². The van der Waals surface area contributed by atoms with Gasteiger partial charge in [-0.3, -0.25) is 0 Å². The number of hydrogen-bond donors (Lipinski definition) is 1. The molecule has 0 bridgehead atoms. The number of rotatable bonds is 3. The molecule has 0 unspecified atom stereocenters. The molecule has 2 N–H and O–H groups in total. The minimum absolute atomic E-state index is 0.0547. The maximum absolute atomic E-state index is 11.3. The maximum Gasteiger partial charge on any atom is 0.238 e. The van der Waals surface area contributed by atoms with Gasteiger partial charge in [0.05, 0.1) is 10.6 Å². The molecular formula is C16H11ClN4O2S2. The fourth-order valence-electron chi connectivity index (χ4n) is 2.42. The Balaban J connectivity index is 1.76.